The second-order valence-electron chi connectivity index (χ2n) is 8.03. The minimum Gasteiger partial charge on any atom is -0.485 e. The van der Waals surface area contributed by atoms with Gasteiger partial charge in [0.15, 0.2) is 0 Å². The van der Waals surface area contributed by atoms with Crippen LogP contribution in [0, 0.1) is 11.8 Å². The van der Waals surface area contributed by atoms with Gasteiger partial charge in [0, 0.05) is 31.0 Å². The Morgan fingerprint density at radius 2 is 1.82 bits per heavy atom. The third kappa shape index (κ3) is 5.62. The van der Waals surface area contributed by atoms with Gasteiger partial charge in [-0.15, -0.1) is 0 Å². The van der Waals surface area contributed by atoms with E-state index >= 15 is 0 Å². The highest BCUT2D eigenvalue weighted by Gasteiger charge is 2.27. The van der Waals surface area contributed by atoms with Crippen LogP contribution in [0.5, 0.6) is 5.75 Å². The normalized spacial score (nSPS) is 19.5. The molecule has 0 amide bonds. The van der Waals surface area contributed by atoms with Crippen LogP contribution in [0.15, 0.2) is 60.9 Å². The number of benzene rings is 2. The Hall–Kier alpha value is -3.15. The molecule has 7 nitrogen and oxygen atoms in total. The maximum atomic E-state index is 9.92. The Kier molecular flexibility index (Phi) is 7.43. The average Bonchev–Trinajstić information content (AvgIpc) is 3.47. The quantitative estimate of drug-likeness (QED) is 0.481. The highest BCUT2D eigenvalue weighted by atomic mass is 16.6. The van der Waals surface area contributed by atoms with Crippen LogP contribution >= 0.6 is 0 Å². The van der Waals surface area contributed by atoms with Crippen LogP contribution in [0.2, 0.25) is 0 Å². The minimum absolute atomic E-state index is 0.0118. The number of nitrogens with zero attached hydrogens (tertiary/aromatic N) is 2. The van der Waals surface area contributed by atoms with Crippen molar-refractivity contribution in [3.05, 3.63) is 72.3 Å². The number of hydrogen-bond acceptors (Lipinski definition) is 6. The zero-order valence-corrected chi connectivity index (χ0v) is 18.5. The highest BCUT2D eigenvalue weighted by Crippen LogP contribution is 2.25. The summed E-state index contributed by atoms with van der Waals surface area (Å²) in [6.07, 6.45) is 2.21. The van der Waals surface area contributed by atoms with E-state index in [1.165, 1.54) is 0 Å². The summed E-state index contributed by atoms with van der Waals surface area (Å²) in [5.74, 6) is 7.59. The number of rotatable bonds is 7. The second-order valence-corrected chi connectivity index (χ2v) is 8.03. The Balaban J connectivity index is 1.45. The van der Waals surface area contributed by atoms with Gasteiger partial charge in [-0.25, -0.2) is 4.98 Å². The van der Waals surface area contributed by atoms with Gasteiger partial charge in [-0.3, -0.25) is 0 Å². The van der Waals surface area contributed by atoms with Crippen LogP contribution in [0.1, 0.15) is 36.9 Å². The van der Waals surface area contributed by atoms with Gasteiger partial charge in [0.05, 0.1) is 19.3 Å². The van der Waals surface area contributed by atoms with Crippen LogP contribution in [0.25, 0.3) is 11.1 Å². The molecule has 2 heterocycles. The van der Waals surface area contributed by atoms with Crippen molar-refractivity contribution in [2.45, 2.75) is 37.7 Å². The monoisotopic (exact) mass is 448 g/mol. The first-order valence-corrected chi connectivity index (χ1v) is 11.0. The van der Waals surface area contributed by atoms with E-state index in [0.29, 0.717) is 31.2 Å². The summed E-state index contributed by atoms with van der Waals surface area (Å²) in [5, 5.41) is 29.2. The van der Waals surface area contributed by atoms with Crippen molar-refractivity contribution in [1.29, 1.82) is 0 Å². The fourth-order valence-electron chi connectivity index (χ4n) is 3.76. The maximum Gasteiger partial charge on any atom is 0.150 e. The largest absolute Gasteiger partial charge is 0.485 e. The molecule has 1 aliphatic heterocycles. The molecule has 1 aliphatic rings. The molecule has 1 saturated heterocycles. The lowest BCUT2D eigenvalue weighted by Crippen LogP contribution is -2.29. The second kappa shape index (κ2) is 10.6. The van der Waals surface area contributed by atoms with Crippen LogP contribution in [0.3, 0.4) is 0 Å². The van der Waals surface area contributed by atoms with E-state index < -0.39 is 12.2 Å². The van der Waals surface area contributed by atoms with E-state index in [0.717, 1.165) is 16.7 Å². The summed E-state index contributed by atoms with van der Waals surface area (Å²) in [6, 6.07) is 15.4. The molecule has 0 aliphatic carbocycles. The van der Waals surface area contributed by atoms with Crippen LogP contribution in [0.4, 0.5) is 0 Å². The van der Waals surface area contributed by atoms with Gasteiger partial charge in [-0.2, -0.15) is 0 Å². The van der Waals surface area contributed by atoms with Gasteiger partial charge in [0.25, 0.3) is 0 Å². The van der Waals surface area contributed by atoms with E-state index in [1.54, 1.807) is 19.3 Å². The molecule has 2 aromatic carbocycles. The summed E-state index contributed by atoms with van der Waals surface area (Å²) < 4.78 is 12.8. The molecule has 7 heteroatoms. The van der Waals surface area contributed by atoms with Gasteiger partial charge >= 0.3 is 0 Å². The van der Waals surface area contributed by atoms with Crippen molar-refractivity contribution in [2.24, 2.45) is 0 Å². The Morgan fingerprint density at radius 3 is 2.42 bits per heavy atom. The topological polar surface area (TPSA) is 97.0 Å². The van der Waals surface area contributed by atoms with E-state index in [-0.39, 0.29) is 18.8 Å². The third-order valence-corrected chi connectivity index (χ3v) is 5.55. The van der Waals surface area contributed by atoms with Crippen molar-refractivity contribution in [3.8, 4) is 28.7 Å². The molecule has 33 heavy (non-hydrogen) atoms. The zero-order valence-electron chi connectivity index (χ0n) is 18.5. The van der Waals surface area contributed by atoms with E-state index in [2.05, 4.69) is 16.8 Å². The van der Waals surface area contributed by atoms with Crippen molar-refractivity contribution in [3.63, 3.8) is 0 Å². The SMILES string of the molecule is C[C@H](O)c1nccn1[C@@H](C#Cc1ccc(-c2ccc(O[C@@H]3COC[C@H]3O)cc2)cc1)CCO. The smallest absolute Gasteiger partial charge is 0.150 e. The van der Waals surface area contributed by atoms with Gasteiger partial charge < -0.3 is 29.4 Å². The molecular formula is C26H28N2O5. The molecule has 0 unspecified atom stereocenters. The molecule has 4 rings (SSSR count). The molecule has 3 aromatic rings. The predicted octanol–water partition coefficient (Wildman–Crippen LogP) is 2.72. The lowest BCUT2D eigenvalue weighted by molar-refractivity contribution is 0.0733. The fraction of sp³-hybridized carbons (Fsp3) is 0.346. The summed E-state index contributed by atoms with van der Waals surface area (Å²) in [7, 11) is 0. The molecule has 0 radical (unpaired) electrons. The first-order chi connectivity index (χ1) is 16.0. The fourth-order valence-corrected chi connectivity index (χ4v) is 3.76. The molecular weight excluding hydrogens is 420 g/mol. The standard InChI is InChI=1S/C26H28N2O5/c1-18(30)26-27-13-14-28(26)22(12-15-29)9-4-19-2-5-20(6-3-19)21-7-10-23(11-8-21)33-25-17-32-16-24(25)31/h2-3,5-8,10-11,13-14,18,22,24-25,29-31H,12,15-17H2,1H3/t18-,22-,24+,25+/m0/s1. The summed E-state index contributed by atoms with van der Waals surface area (Å²) in [4.78, 5) is 4.19. The molecule has 172 valence electrons. The summed E-state index contributed by atoms with van der Waals surface area (Å²) >= 11 is 0. The first-order valence-electron chi connectivity index (χ1n) is 11.0. The maximum absolute atomic E-state index is 9.92. The summed E-state index contributed by atoms with van der Waals surface area (Å²) in [6.45, 7) is 2.35. The van der Waals surface area contributed by atoms with Gasteiger partial charge in [-0.1, -0.05) is 36.1 Å². The lowest BCUT2D eigenvalue weighted by Gasteiger charge is -2.16. The third-order valence-electron chi connectivity index (χ3n) is 5.55. The minimum atomic E-state index is -0.712. The van der Waals surface area contributed by atoms with Gasteiger partial charge in [0.1, 0.15) is 29.9 Å². The Labute approximate surface area is 193 Å². The van der Waals surface area contributed by atoms with Crippen molar-refractivity contribution < 1.29 is 24.8 Å². The first kappa shape index (κ1) is 23.0. The van der Waals surface area contributed by atoms with Crippen LogP contribution < -0.4 is 4.74 Å². The number of hydrogen-bond donors (Lipinski definition) is 3. The van der Waals surface area contributed by atoms with E-state index in [9.17, 15) is 15.3 Å². The number of aliphatic hydroxyl groups is 3. The van der Waals surface area contributed by atoms with Crippen molar-refractivity contribution in [2.75, 3.05) is 19.8 Å². The van der Waals surface area contributed by atoms with E-state index in [4.69, 9.17) is 9.47 Å². The zero-order chi connectivity index (χ0) is 23.2. The van der Waals surface area contributed by atoms with Crippen molar-refractivity contribution in [1.82, 2.24) is 9.55 Å². The average molecular weight is 449 g/mol. The van der Waals surface area contributed by atoms with Gasteiger partial charge in [0.2, 0.25) is 0 Å². The molecule has 0 spiro atoms. The van der Waals surface area contributed by atoms with Crippen LogP contribution in [-0.4, -0.2) is 56.9 Å². The lowest BCUT2D eigenvalue weighted by atomic mass is 10.0. The number of ether oxygens (including phenoxy) is 2. The summed E-state index contributed by atoms with van der Waals surface area (Å²) in [5.41, 5.74) is 2.95. The number of aromatic nitrogens is 2. The molecule has 4 atom stereocenters. The molecule has 3 N–H and O–H groups in total. The van der Waals surface area contributed by atoms with Gasteiger partial charge in [-0.05, 0) is 42.3 Å². The van der Waals surface area contributed by atoms with Crippen molar-refractivity contribution >= 4 is 0 Å². The molecule has 1 fully saturated rings. The molecule has 1 aromatic heterocycles. The van der Waals surface area contributed by atoms with E-state index in [1.807, 2.05) is 53.1 Å². The molecule has 0 saturated carbocycles. The highest BCUT2D eigenvalue weighted by molar-refractivity contribution is 5.65. The number of aliphatic hydroxyl groups excluding tert-OH is 3. The van der Waals surface area contributed by atoms with Crippen LogP contribution in [-0.2, 0) is 4.74 Å². The Bertz CT molecular complexity index is 1100. The number of imidazole rings is 1. The predicted molar refractivity (Wildman–Crippen MR) is 124 cm³/mol. The molecule has 0 bridgehead atoms. The Morgan fingerprint density at radius 1 is 1.12 bits per heavy atom.